The van der Waals surface area contributed by atoms with Crippen molar-refractivity contribution in [3.05, 3.63) is 23.8 Å². The van der Waals surface area contributed by atoms with E-state index in [9.17, 15) is 0 Å². The first-order valence-corrected chi connectivity index (χ1v) is 4.78. The number of rotatable bonds is 3. The first-order valence-electron chi connectivity index (χ1n) is 4.78. The summed E-state index contributed by atoms with van der Waals surface area (Å²) in [6.45, 7) is 3.69. The monoisotopic (exact) mass is 193 g/mol. The molecule has 1 aromatic carbocycles. The molecule has 1 aliphatic heterocycles. The molecule has 1 aromatic rings. The zero-order valence-corrected chi connectivity index (χ0v) is 8.54. The van der Waals surface area contributed by atoms with Crippen LogP contribution in [0.25, 0.3) is 0 Å². The predicted octanol–water partition coefficient (Wildman–Crippen LogP) is 1.81. The molecule has 1 saturated heterocycles. The van der Waals surface area contributed by atoms with Crippen molar-refractivity contribution < 1.29 is 9.47 Å². The van der Waals surface area contributed by atoms with Gasteiger partial charge in [-0.25, -0.2) is 0 Å². The van der Waals surface area contributed by atoms with Crippen LogP contribution in [0.15, 0.2) is 18.2 Å². The summed E-state index contributed by atoms with van der Waals surface area (Å²) in [5.41, 5.74) is 2.37. The highest BCUT2D eigenvalue weighted by Crippen LogP contribution is 2.23. The topological polar surface area (TPSA) is 30.5 Å². The van der Waals surface area contributed by atoms with E-state index in [2.05, 4.69) is 18.3 Å². The van der Waals surface area contributed by atoms with Gasteiger partial charge in [0.25, 0.3) is 0 Å². The summed E-state index contributed by atoms with van der Waals surface area (Å²) in [5.74, 6) is 0.887. The number of hydrogen-bond donors (Lipinski definition) is 1. The lowest BCUT2D eigenvalue weighted by Crippen LogP contribution is -2.40. The average Bonchev–Trinajstić information content (AvgIpc) is 2.14. The van der Waals surface area contributed by atoms with Crippen molar-refractivity contribution in [2.75, 3.05) is 25.6 Å². The molecule has 14 heavy (non-hydrogen) atoms. The molecule has 1 heterocycles. The molecule has 0 aliphatic carbocycles. The van der Waals surface area contributed by atoms with Crippen LogP contribution < -0.4 is 10.1 Å². The van der Waals surface area contributed by atoms with Crippen molar-refractivity contribution in [3.8, 4) is 5.75 Å². The summed E-state index contributed by atoms with van der Waals surface area (Å²) in [6.07, 6.45) is 0. The molecular formula is C11H15NO2. The zero-order chi connectivity index (χ0) is 9.97. The largest absolute Gasteiger partial charge is 0.497 e. The van der Waals surface area contributed by atoms with Crippen molar-refractivity contribution in [1.82, 2.24) is 0 Å². The summed E-state index contributed by atoms with van der Waals surface area (Å²) >= 11 is 0. The minimum Gasteiger partial charge on any atom is -0.497 e. The third-order valence-corrected chi connectivity index (χ3v) is 2.44. The fraction of sp³-hybridized carbons (Fsp3) is 0.455. The molecule has 0 aromatic heterocycles. The van der Waals surface area contributed by atoms with E-state index < -0.39 is 0 Å². The van der Waals surface area contributed by atoms with Crippen LogP contribution in [0.1, 0.15) is 5.56 Å². The molecule has 0 spiro atoms. The fourth-order valence-electron chi connectivity index (χ4n) is 1.42. The predicted molar refractivity (Wildman–Crippen MR) is 56.0 cm³/mol. The van der Waals surface area contributed by atoms with Crippen LogP contribution in [0.5, 0.6) is 5.75 Å². The Hall–Kier alpha value is -1.22. The lowest BCUT2D eigenvalue weighted by atomic mass is 10.1. The maximum absolute atomic E-state index is 5.17. The number of ether oxygens (including phenoxy) is 2. The van der Waals surface area contributed by atoms with Gasteiger partial charge in [-0.1, -0.05) is 6.07 Å². The maximum Gasteiger partial charge on any atom is 0.120 e. The Labute approximate surface area is 84.0 Å². The van der Waals surface area contributed by atoms with Crippen molar-refractivity contribution in [2.24, 2.45) is 0 Å². The van der Waals surface area contributed by atoms with Gasteiger partial charge in [0.1, 0.15) is 5.75 Å². The van der Waals surface area contributed by atoms with Crippen molar-refractivity contribution in [1.29, 1.82) is 0 Å². The first kappa shape index (κ1) is 9.34. The Morgan fingerprint density at radius 2 is 2.21 bits per heavy atom. The molecule has 0 amide bonds. The van der Waals surface area contributed by atoms with Gasteiger partial charge in [0.2, 0.25) is 0 Å². The van der Waals surface area contributed by atoms with Crippen LogP contribution in [0.3, 0.4) is 0 Å². The second kappa shape index (κ2) is 3.88. The standard InChI is InChI=1S/C11H15NO2/c1-8-3-4-10(13-2)5-11(8)12-9-6-14-7-9/h3-5,9,12H,6-7H2,1-2H3. The maximum atomic E-state index is 5.17. The van der Waals surface area contributed by atoms with E-state index in [0.29, 0.717) is 6.04 Å². The van der Waals surface area contributed by atoms with Gasteiger partial charge in [0, 0.05) is 11.8 Å². The molecule has 3 nitrogen and oxygen atoms in total. The Morgan fingerprint density at radius 1 is 1.43 bits per heavy atom. The van der Waals surface area contributed by atoms with Gasteiger partial charge in [0.05, 0.1) is 26.4 Å². The van der Waals surface area contributed by atoms with Crippen LogP contribution in [0.2, 0.25) is 0 Å². The van der Waals surface area contributed by atoms with E-state index in [0.717, 1.165) is 24.7 Å². The minimum absolute atomic E-state index is 0.459. The van der Waals surface area contributed by atoms with Gasteiger partial charge >= 0.3 is 0 Å². The van der Waals surface area contributed by atoms with Crippen LogP contribution >= 0.6 is 0 Å². The first-order chi connectivity index (χ1) is 6.79. The smallest absolute Gasteiger partial charge is 0.120 e. The Bertz CT molecular complexity index is 321. The van der Waals surface area contributed by atoms with Crippen molar-refractivity contribution in [3.63, 3.8) is 0 Å². The van der Waals surface area contributed by atoms with E-state index in [1.54, 1.807) is 7.11 Å². The lowest BCUT2D eigenvalue weighted by Gasteiger charge is -2.28. The van der Waals surface area contributed by atoms with Gasteiger partial charge in [-0.05, 0) is 18.6 Å². The summed E-state index contributed by atoms with van der Waals surface area (Å²) in [4.78, 5) is 0. The molecule has 76 valence electrons. The van der Waals surface area contributed by atoms with E-state index in [4.69, 9.17) is 9.47 Å². The lowest BCUT2D eigenvalue weighted by molar-refractivity contribution is 0.0211. The highest BCUT2D eigenvalue weighted by molar-refractivity contribution is 5.55. The van der Waals surface area contributed by atoms with Crippen LogP contribution in [0, 0.1) is 6.92 Å². The molecule has 1 aliphatic rings. The summed E-state index contributed by atoms with van der Waals surface area (Å²) in [5, 5.41) is 3.42. The molecule has 0 atom stereocenters. The molecule has 0 unspecified atom stereocenters. The number of methoxy groups -OCH3 is 1. The van der Waals surface area contributed by atoms with E-state index >= 15 is 0 Å². The molecule has 2 rings (SSSR count). The second-order valence-electron chi connectivity index (χ2n) is 3.56. The minimum atomic E-state index is 0.459. The molecular weight excluding hydrogens is 178 g/mol. The van der Waals surface area contributed by atoms with Gasteiger partial charge in [-0.3, -0.25) is 0 Å². The quantitative estimate of drug-likeness (QED) is 0.794. The molecule has 1 N–H and O–H groups in total. The number of aryl methyl sites for hydroxylation is 1. The average molecular weight is 193 g/mol. The van der Waals surface area contributed by atoms with E-state index in [-0.39, 0.29) is 0 Å². The Balaban J connectivity index is 2.13. The van der Waals surface area contributed by atoms with Gasteiger partial charge < -0.3 is 14.8 Å². The van der Waals surface area contributed by atoms with E-state index in [1.165, 1.54) is 5.56 Å². The number of hydrogen-bond acceptors (Lipinski definition) is 3. The number of benzene rings is 1. The third-order valence-electron chi connectivity index (χ3n) is 2.44. The summed E-state index contributed by atoms with van der Waals surface area (Å²) < 4.78 is 10.3. The number of anilines is 1. The SMILES string of the molecule is COc1ccc(C)c(NC2COC2)c1. The van der Waals surface area contributed by atoms with Crippen LogP contribution in [-0.2, 0) is 4.74 Å². The van der Waals surface area contributed by atoms with Gasteiger partial charge in [-0.15, -0.1) is 0 Å². The third kappa shape index (κ3) is 1.82. The molecule has 0 bridgehead atoms. The van der Waals surface area contributed by atoms with Crippen molar-refractivity contribution in [2.45, 2.75) is 13.0 Å². The molecule has 0 radical (unpaired) electrons. The fourth-order valence-corrected chi connectivity index (χ4v) is 1.42. The van der Waals surface area contributed by atoms with Crippen molar-refractivity contribution >= 4 is 5.69 Å². The summed E-state index contributed by atoms with van der Waals surface area (Å²) in [7, 11) is 1.68. The zero-order valence-electron chi connectivity index (χ0n) is 8.54. The second-order valence-corrected chi connectivity index (χ2v) is 3.56. The Kier molecular flexibility index (Phi) is 2.59. The molecule has 0 saturated carbocycles. The van der Waals surface area contributed by atoms with Crippen LogP contribution in [-0.4, -0.2) is 26.4 Å². The normalized spacial score (nSPS) is 16.1. The number of nitrogens with one attached hydrogen (secondary N) is 1. The molecule has 3 heteroatoms. The highest BCUT2D eigenvalue weighted by Gasteiger charge is 2.18. The summed E-state index contributed by atoms with van der Waals surface area (Å²) in [6, 6.07) is 6.51. The van der Waals surface area contributed by atoms with Crippen LogP contribution in [0.4, 0.5) is 5.69 Å². The van der Waals surface area contributed by atoms with Gasteiger partial charge in [0.15, 0.2) is 0 Å². The Morgan fingerprint density at radius 3 is 2.79 bits per heavy atom. The van der Waals surface area contributed by atoms with E-state index in [1.807, 2.05) is 12.1 Å². The highest BCUT2D eigenvalue weighted by atomic mass is 16.5. The molecule has 1 fully saturated rings. The van der Waals surface area contributed by atoms with Gasteiger partial charge in [-0.2, -0.15) is 0 Å².